The zero-order valence-corrected chi connectivity index (χ0v) is 18.9. The molecule has 1 aliphatic rings. The molecule has 2 N–H and O–H groups in total. The summed E-state index contributed by atoms with van der Waals surface area (Å²) >= 11 is 0. The van der Waals surface area contributed by atoms with E-state index in [1.807, 2.05) is 24.4 Å². The highest BCUT2D eigenvalue weighted by Gasteiger charge is 2.18. The van der Waals surface area contributed by atoms with E-state index in [1.165, 1.54) is 25.9 Å². The van der Waals surface area contributed by atoms with Crippen molar-refractivity contribution in [3.8, 4) is 5.75 Å². The van der Waals surface area contributed by atoms with E-state index in [9.17, 15) is 0 Å². The quantitative estimate of drug-likeness (QED) is 0.540. The molecular weight excluding hydrogens is 390 g/mol. The molecule has 166 valence electrons. The lowest BCUT2D eigenvalue weighted by molar-refractivity contribution is 0.352. The molecule has 1 atom stereocenters. The van der Waals surface area contributed by atoms with E-state index in [0.29, 0.717) is 17.8 Å². The molecule has 0 bridgehead atoms. The number of anilines is 2. The van der Waals surface area contributed by atoms with Gasteiger partial charge in [-0.05, 0) is 56.5 Å². The number of ether oxygens (including phenoxy) is 1. The number of rotatable bonds is 9. The highest BCUT2D eigenvalue weighted by atomic mass is 16.5. The molecule has 4 rings (SSSR count). The van der Waals surface area contributed by atoms with Gasteiger partial charge in [0.05, 0.1) is 19.3 Å². The van der Waals surface area contributed by atoms with Crippen LogP contribution in [0, 0.1) is 0 Å². The molecule has 1 unspecified atom stereocenters. The summed E-state index contributed by atoms with van der Waals surface area (Å²) < 4.78 is 7.18. The lowest BCUT2D eigenvalue weighted by atomic mass is 10.1. The topological polar surface area (TPSA) is 79.6 Å². The molecule has 1 fully saturated rings. The number of aromatic nitrogens is 4. The van der Waals surface area contributed by atoms with E-state index < -0.39 is 0 Å². The molecule has 0 radical (unpaired) electrons. The van der Waals surface area contributed by atoms with E-state index >= 15 is 0 Å². The Labute approximate surface area is 184 Å². The lowest BCUT2D eigenvalue weighted by Crippen LogP contribution is -2.26. The molecule has 1 saturated heterocycles. The fraction of sp³-hybridized carbons (Fsp3) is 0.522. The van der Waals surface area contributed by atoms with Gasteiger partial charge in [0.2, 0.25) is 11.9 Å². The molecule has 3 aromatic rings. The monoisotopic (exact) mass is 423 g/mol. The van der Waals surface area contributed by atoms with Crippen LogP contribution >= 0.6 is 0 Å². The SMILES string of the molecule is COc1cccc(C(C)Nc2nc(NCCN3CCCC3)nc3c(C(C)C)cnn23)c1. The van der Waals surface area contributed by atoms with Gasteiger partial charge < -0.3 is 20.3 Å². The second-order valence-electron chi connectivity index (χ2n) is 8.48. The maximum Gasteiger partial charge on any atom is 0.229 e. The van der Waals surface area contributed by atoms with Crippen LogP contribution in [0.4, 0.5) is 11.9 Å². The first-order valence-electron chi connectivity index (χ1n) is 11.2. The maximum atomic E-state index is 5.38. The summed E-state index contributed by atoms with van der Waals surface area (Å²) in [5.41, 5.74) is 3.07. The van der Waals surface area contributed by atoms with E-state index in [2.05, 4.69) is 47.5 Å². The Balaban J connectivity index is 1.59. The Morgan fingerprint density at radius 1 is 1.13 bits per heavy atom. The van der Waals surface area contributed by atoms with Crippen molar-refractivity contribution in [3.63, 3.8) is 0 Å². The molecule has 0 saturated carbocycles. The largest absolute Gasteiger partial charge is 0.497 e. The van der Waals surface area contributed by atoms with Crippen LogP contribution in [0.25, 0.3) is 5.65 Å². The normalized spacial score (nSPS) is 15.5. The molecule has 0 spiro atoms. The fourth-order valence-electron chi connectivity index (χ4n) is 3.99. The minimum absolute atomic E-state index is 0.0253. The number of hydrogen-bond donors (Lipinski definition) is 2. The Morgan fingerprint density at radius 2 is 1.94 bits per heavy atom. The van der Waals surface area contributed by atoms with Gasteiger partial charge in [0, 0.05) is 18.7 Å². The summed E-state index contributed by atoms with van der Waals surface area (Å²) in [6.45, 7) is 10.6. The van der Waals surface area contributed by atoms with Crippen LogP contribution < -0.4 is 15.4 Å². The highest BCUT2D eigenvalue weighted by molar-refractivity contribution is 5.56. The third-order valence-corrected chi connectivity index (χ3v) is 5.87. The third-order valence-electron chi connectivity index (χ3n) is 5.87. The van der Waals surface area contributed by atoms with Gasteiger partial charge in [0.15, 0.2) is 5.65 Å². The minimum atomic E-state index is 0.0253. The van der Waals surface area contributed by atoms with Gasteiger partial charge in [-0.3, -0.25) is 0 Å². The summed E-state index contributed by atoms with van der Waals surface area (Å²) in [6, 6.07) is 8.09. The van der Waals surface area contributed by atoms with Gasteiger partial charge in [-0.15, -0.1) is 0 Å². The van der Waals surface area contributed by atoms with Gasteiger partial charge in [0.25, 0.3) is 0 Å². The summed E-state index contributed by atoms with van der Waals surface area (Å²) in [7, 11) is 1.68. The van der Waals surface area contributed by atoms with Crippen LogP contribution in [0.2, 0.25) is 0 Å². The second-order valence-corrected chi connectivity index (χ2v) is 8.48. The van der Waals surface area contributed by atoms with Crippen molar-refractivity contribution in [2.24, 2.45) is 0 Å². The predicted octanol–water partition coefficient (Wildman–Crippen LogP) is 3.94. The number of likely N-dealkylation sites (tertiary alicyclic amines) is 1. The van der Waals surface area contributed by atoms with Crippen molar-refractivity contribution >= 4 is 17.5 Å². The van der Waals surface area contributed by atoms with Gasteiger partial charge in [0.1, 0.15) is 5.75 Å². The zero-order chi connectivity index (χ0) is 21.8. The van der Waals surface area contributed by atoms with Crippen molar-refractivity contribution in [2.45, 2.75) is 45.6 Å². The molecule has 31 heavy (non-hydrogen) atoms. The fourth-order valence-corrected chi connectivity index (χ4v) is 3.99. The Bertz CT molecular complexity index is 1010. The summed E-state index contributed by atoms with van der Waals surface area (Å²) in [5, 5.41) is 11.5. The van der Waals surface area contributed by atoms with Crippen molar-refractivity contribution < 1.29 is 4.74 Å². The van der Waals surface area contributed by atoms with Crippen molar-refractivity contribution in [1.29, 1.82) is 0 Å². The number of methoxy groups -OCH3 is 1. The molecular formula is C23H33N7O. The zero-order valence-electron chi connectivity index (χ0n) is 18.9. The minimum Gasteiger partial charge on any atom is -0.497 e. The smallest absolute Gasteiger partial charge is 0.229 e. The van der Waals surface area contributed by atoms with Crippen LogP contribution in [-0.4, -0.2) is 57.8 Å². The second kappa shape index (κ2) is 9.51. The standard InChI is InChI=1S/C23H33N7O/c1-16(2)20-15-25-30-21(20)27-22(24-10-13-29-11-5-6-12-29)28-23(30)26-17(3)18-8-7-9-19(14-18)31-4/h7-9,14-17H,5-6,10-13H2,1-4H3,(H2,24,26,27,28). The van der Waals surface area contributed by atoms with E-state index in [1.54, 1.807) is 11.6 Å². The third kappa shape index (κ3) is 4.90. The molecule has 1 aromatic carbocycles. The van der Waals surface area contributed by atoms with Crippen molar-refractivity contribution in [2.75, 3.05) is 43.9 Å². The van der Waals surface area contributed by atoms with Crippen LogP contribution in [0.5, 0.6) is 5.75 Å². The van der Waals surface area contributed by atoms with E-state index in [-0.39, 0.29) is 6.04 Å². The average molecular weight is 424 g/mol. The van der Waals surface area contributed by atoms with Crippen LogP contribution in [-0.2, 0) is 0 Å². The Hall–Kier alpha value is -2.87. The van der Waals surface area contributed by atoms with Crippen molar-refractivity contribution in [1.82, 2.24) is 24.5 Å². The van der Waals surface area contributed by atoms with Crippen LogP contribution in [0.3, 0.4) is 0 Å². The van der Waals surface area contributed by atoms with Crippen molar-refractivity contribution in [3.05, 3.63) is 41.6 Å². The number of hydrogen-bond acceptors (Lipinski definition) is 7. The summed E-state index contributed by atoms with van der Waals surface area (Å²) in [6.07, 6.45) is 4.49. The number of fused-ring (bicyclic) bond motifs is 1. The molecule has 3 heterocycles. The van der Waals surface area contributed by atoms with Gasteiger partial charge in [-0.1, -0.05) is 26.0 Å². The van der Waals surface area contributed by atoms with Crippen LogP contribution in [0.1, 0.15) is 56.7 Å². The first-order valence-corrected chi connectivity index (χ1v) is 11.2. The predicted molar refractivity (Wildman–Crippen MR) is 124 cm³/mol. The molecule has 1 aliphatic heterocycles. The molecule has 8 heteroatoms. The number of nitrogens with zero attached hydrogens (tertiary/aromatic N) is 5. The Morgan fingerprint density at radius 3 is 2.68 bits per heavy atom. The van der Waals surface area contributed by atoms with Crippen LogP contribution in [0.15, 0.2) is 30.5 Å². The maximum absolute atomic E-state index is 5.38. The summed E-state index contributed by atoms with van der Waals surface area (Å²) in [4.78, 5) is 12.0. The molecule has 0 aliphatic carbocycles. The van der Waals surface area contributed by atoms with Gasteiger partial charge >= 0.3 is 0 Å². The summed E-state index contributed by atoms with van der Waals surface area (Å²) in [5.74, 6) is 2.48. The highest BCUT2D eigenvalue weighted by Crippen LogP contribution is 2.25. The average Bonchev–Trinajstić information content (AvgIpc) is 3.44. The van der Waals surface area contributed by atoms with E-state index in [0.717, 1.165) is 35.6 Å². The lowest BCUT2D eigenvalue weighted by Gasteiger charge is -2.18. The van der Waals surface area contributed by atoms with Gasteiger partial charge in [-0.25, -0.2) is 0 Å². The van der Waals surface area contributed by atoms with Gasteiger partial charge in [-0.2, -0.15) is 19.6 Å². The Kier molecular flexibility index (Phi) is 6.56. The molecule has 2 aromatic heterocycles. The number of benzene rings is 1. The first-order chi connectivity index (χ1) is 15.0. The first kappa shape index (κ1) is 21.4. The van der Waals surface area contributed by atoms with E-state index in [4.69, 9.17) is 14.7 Å². The number of nitrogens with one attached hydrogen (secondary N) is 2. The molecule has 8 nitrogen and oxygen atoms in total. The molecule has 0 amide bonds.